The molecular weight excluding hydrogens is 651 g/mol. The lowest BCUT2D eigenvalue weighted by atomic mass is 10.0. The Morgan fingerprint density at radius 3 is 1.40 bits per heavy atom. The Hall–Kier alpha value is -1.73. The van der Waals surface area contributed by atoms with Gasteiger partial charge in [0.1, 0.15) is 6.61 Å². The van der Waals surface area contributed by atoms with E-state index >= 15 is 0 Å². The maximum absolute atomic E-state index is 12.4. The van der Waals surface area contributed by atoms with E-state index in [2.05, 4.69) is 48.8 Å². The predicted octanol–water partition coefficient (Wildman–Crippen LogP) is 12.2. The molecule has 0 heterocycles. The number of allylic oxidation sites excluding steroid dienone is 6. The molecule has 1 atom stereocenters. The average molecular weight is 727 g/mol. The van der Waals surface area contributed by atoms with E-state index in [1.165, 1.54) is 109 Å². The third-order valence-corrected chi connectivity index (χ3v) is 9.15. The van der Waals surface area contributed by atoms with E-state index in [1.807, 2.05) is 6.08 Å². The van der Waals surface area contributed by atoms with E-state index in [4.69, 9.17) is 19.3 Å². The third-order valence-electron chi connectivity index (χ3n) is 8.66. The van der Waals surface area contributed by atoms with E-state index in [0.29, 0.717) is 12.8 Å². The van der Waals surface area contributed by atoms with Crippen LogP contribution in [0.3, 0.4) is 0 Å². The maximum atomic E-state index is 12.4. The minimum Gasteiger partial charge on any atom is -0.462 e. The molecule has 0 saturated heterocycles. The molecule has 292 valence electrons. The van der Waals surface area contributed by atoms with Crippen molar-refractivity contribution in [2.45, 2.75) is 200 Å². The summed E-state index contributed by atoms with van der Waals surface area (Å²) in [7, 11) is -4.76. The Bertz CT molecular complexity index is 910. The average Bonchev–Trinajstić information content (AvgIpc) is 3.08. The van der Waals surface area contributed by atoms with Crippen LogP contribution in [0.5, 0.6) is 0 Å². The molecule has 0 radical (unpaired) electrons. The van der Waals surface area contributed by atoms with Gasteiger partial charge in [0.05, 0.1) is 6.61 Å². The van der Waals surface area contributed by atoms with Gasteiger partial charge in [-0.25, -0.2) is 4.57 Å². The number of esters is 2. The normalized spacial score (nSPS) is 12.8. The van der Waals surface area contributed by atoms with Gasteiger partial charge in [0.25, 0.3) is 0 Å². The Balaban J connectivity index is 4.01. The Morgan fingerprint density at radius 1 is 0.520 bits per heavy atom. The Labute approximate surface area is 306 Å². The number of phosphoric acid groups is 1. The van der Waals surface area contributed by atoms with E-state index in [0.717, 1.165) is 44.9 Å². The second-order valence-electron chi connectivity index (χ2n) is 13.6. The van der Waals surface area contributed by atoms with Gasteiger partial charge in [0.2, 0.25) is 0 Å². The largest absolute Gasteiger partial charge is 0.469 e. The molecule has 0 spiro atoms. The summed E-state index contributed by atoms with van der Waals surface area (Å²) >= 11 is 0. The van der Waals surface area contributed by atoms with Gasteiger partial charge in [0, 0.05) is 12.8 Å². The Morgan fingerprint density at radius 2 is 0.920 bits per heavy atom. The van der Waals surface area contributed by atoms with Crippen LogP contribution >= 0.6 is 7.82 Å². The molecule has 0 aromatic heterocycles. The lowest BCUT2D eigenvalue weighted by Crippen LogP contribution is -2.29. The van der Waals surface area contributed by atoms with Crippen molar-refractivity contribution in [2.24, 2.45) is 0 Å². The summed E-state index contributed by atoms with van der Waals surface area (Å²) in [6, 6.07) is 0. The third kappa shape index (κ3) is 39.1. The summed E-state index contributed by atoms with van der Waals surface area (Å²) in [5.41, 5.74) is 0. The summed E-state index contributed by atoms with van der Waals surface area (Å²) in [6.45, 7) is 3.64. The maximum Gasteiger partial charge on any atom is 0.469 e. The van der Waals surface area contributed by atoms with E-state index in [-0.39, 0.29) is 19.4 Å². The van der Waals surface area contributed by atoms with Crippen molar-refractivity contribution in [1.82, 2.24) is 0 Å². The molecule has 2 N–H and O–H groups in total. The van der Waals surface area contributed by atoms with Crippen LogP contribution in [-0.2, 0) is 28.2 Å². The van der Waals surface area contributed by atoms with Crippen LogP contribution in [0.2, 0.25) is 0 Å². The first kappa shape index (κ1) is 48.3. The van der Waals surface area contributed by atoms with Crippen LogP contribution in [0, 0.1) is 0 Å². The SMILES string of the molecule is CCCCCCCC/C=C/C/C=C/C/C=C/CCCC(=O)OC[C@H](COP(=O)(O)O)OC(=O)CCCCCCCCCCCCCCCCC. The second kappa shape index (κ2) is 37.0. The molecule has 0 unspecified atom stereocenters. The second-order valence-corrected chi connectivity index (χ2v) is 14.9. The number of hydrogen-bond acceptors (Lipinski definition) is 6. The van der Waals surface area contributed by atoms with Crippen molar-refractivity contribution in [1.29, 1.82) is 0 Å². The van der Waals surface area contributed by atoms with E-state index in [9.17, 15) is 14.2 Å². The molecule has 9 heteroatoms. The van der Waals surface area contributed by atoms with Crippen LogP contribution in [0.1, 0.15) is 194 Å². The number of rotatable bonds is 37. The molecular formula is C41H75O8P. The van der Waals surface area contributed by atoms with Crippen molar-refractivity contribution in [3.63, 3.8) is 0 Å². The highest BCUT2D eigenvalue weighted by molar-refractivity contribution is 7.46. The van der Waals surface area contributed by atoms with Gasteiger partial charge in [-0.05, 0) is 44.9 Å². The molecule has 50 heavy (non-hydrogen) atoms. The summed E-state index contributed by atoms with van der Waals surface area (Å²) in [6.07, 6.45) is 43.0. The summed E-state index contributed by atoms with van der Waals surface area (Å²) in [5.74, 6) is -0.941. The first-order chi connectivity index (χ1) is 24.3. The highest BCUT2D eigenvalue weighted by Gasteiger charge is 2.22. The van der Waals surface area contributed by atoms with Crippen LogP contribution in [-0.4, -0.2) is 41.0 Å². The fraction of sp³-hybridized carbons (Fsp3) is 0.805. The summed E-state index contributed by atoms with van der Waals surface area (Å²) in [5, 5.41) is 0. The number of ether oxygens (including phenoxy) is 2. The monoisotopic (exact) mass is 727 g/mol. The minimum atomic E-state index is -4.76. The van der Waals surface area contributed by atoms with Gasteiger partial charge in [-0.2, -0.15) is 0 Å². The molecule has 0 saturated carbocycles. The molecule has 0 aliphatic carbocycles. The number of hydrogen-bond donors (Lipinski definition) is 2. The van der Waals surface area contributed by atoms with Crippen LogP contribution in [0.15, 0.2) is 36.5 Å². The van der Waals surface area contributed by atoms with Crippen molar-refractivity contribution in [3.8, 4) is 0 Å². The highest BCUT2D eigenvalue weighted by Crippen LogP contribution is 2.36. The van der Waals surface area contributed by atoms with Crippen molar-refractivity contribution in [3.05, 3.63) is 36.5 Å². The quantitative estimate of drug-likeness (QED) is 0.0281. The van der Waals surface area contributed by atoms with Crippen LogP contribution in [0.25, 0.3) is 0 Å². The van der Waals surface area contributed by atoms with Gasteiger partial charge in [0.15, 0.2) is 6.10 Å². The molecule has 0 fully saturated rings. The molecule has 0 amide bonds. The summed E-state index contributed by atoms with van der Waals surface area (Å²) < 4.78 is 26.3. The minimum absolute atomic E-state index is 0.197. The van der Waals surface area contributed by atoms with Gasteiger partial charge in [-0.1, -0.05) is 172 Å². The molecule has 0 aliphatic heterocycles. The van der Waals surface area contributed by atoms with Crippen molar-refractivity contribution < 1.29 is 37.9 Å². The summed E-state index contributed by atoms with van der Waals surface area (Å²) in [4.78, 5) is 42.7. The lowest BCUT2D eigenvalue weighted by molar-refractivity contribution is -0.161. The topological polar surface area (TPSA) is 119 Å². The zero-order chi connectivity index (χ0) is 36.8. The Kier molecular flexibility index (Phi) is 35.8. The number of phosphoric ester groups is 1. The predicted molar refractivity (Wildman–Crippen MR) is 207 cm³/mol. The highest BCUT2D eigenvalue weighted by atomic mass is 31.2. The van der Waals surface area contributed by atoms with Gasteiger partial charge < -0.3 is 19.3 Å². The molecule has 0 rings (SSSR count). The van der Waals surface area contributed by atoms with Crippen LogP contribution in [0.4, 0.5) is 0 Å². The zero-order valence-electron chi connectivity index (χ0n) is 32.0. The van der Waals surface area contributed by atoms with Crippen LogP contribution < -0.4 is 0 Å². The number of carbonyl (C=O) groups is 2. The van der Waals surface area contributed by atoms with E-state index < -0.39 is 32.5 Å². The molecule has 0 bridgehead atoms. The fourth-order valence-corrected chi connectivity index (χ4v) is 5.98. The van der Waals surface area contributed by atoms with Gasteiger partial charge in [-0.3, -0.25) is 14.1 Å². The van der Waals surface area contributed by atoms with Crippen molar-refractivity contribution in [2.75, 3.05) is 13.2 Å². The molecule has 0 aromatic carbocycles. The van der Waals surface area contributed by atoms with Gasteiger partial charge in [-0.15, -0.1) is 0 Å². The van der Waals surface area contributed by atoms with E-state index in [1.54, 1.807) is 0 Å². The molecule has 0 aromatic rings. The molecule has 8 nitrogen and oxygen atoms in total. The zero-order valence-corrected chi connectivity index (χ0v) is 32.9. The number of carbonyl (C=O) groups excluding carboxylic acids is 2. The lowest BCUT2D eigenvalue weighted by Gasteiger charge is -2.18. The van der Waals surface area contributed by atoms with Gasteiger partial charge >= 0.3 is 19.8 Å². The standard InChI is InChI=1S/C41H75O8P/c1-3-5-7-9-11-13-15-17-19-20-22-23-25-27-29-31-33-35-40(42)47-37-39(38-48-50(44,45)46)49-41(43)36-34-32-30-28-26-24-21-18-16-14-12-10-8-6-4-2/h17,19,22-23,27,29,39H,3-16,18,20-21,24-26,28,30-38H2,1-2H3,(H2,44,45,46)/b19-17+,23-22+,29-27+/t39-/m1/s1. The van der Waals surface area contributed by atoms with Crippen molar-refractivity contribution >= 4 is 19.8 Å². The number of unbranched alkanes of at least 4 members (excludes halogenated alkanes) is 21. The smallest absolute Gasteiger partial charge is 0.462 e. The first-order valence-electron chi connectivity index (χ1n) is 20.3. The molecule has 0 aliphatic rings. The first-order valence-corrected chi connectivity index (χ1v) is 21.8. The fourth-order valence-electron chi connectivity index (χ4n) is 5.62.